The molecule has 3 aromatic rings. The molecule has 1 saturated carbocycles. The third-order valence-corrected chi connectivity index (χ3v) is 7.56. The van der Waals surface area contributed by atoms with Gasteiger partial charge in [0.25, 0.3) is 5.91 Å². The van der Waals surface area contributed by atoms with Gasteiger partial charge in [0.05, 0.1) is 6.54 Å². The normalized spacial score (nSPS) is 18.7. The number of hydrogen-bond acceptors (Lipinski definition) is 3. The second kappa shape index (κ2) is 10.9. The van der Waals surface area contributed by atoms with E-state index in [2.05, 4.69) is 17.4 Å². The zero-order chi connectivity index (χ0) is 24.9. The second-order valence-electron chi connectivity index (χ2n) is 9.86. The number of amides is 3. The van der Waals surface area contributed by atoms with Crippen molar-refractivity contribution in [1.82, 2.24) is 15.1 Å². The Morgan fingerprint density at radius 3 is 2.33 bits per heavy atom. The van der Waals surface area contributed by atoms with E-state index in [1.165, 1.54) is 6.42 Å². The number of fused-ring (bicyclic) bond motifs is 1. The van der Waals surface area contributed by atoms with E-state index in [0.29, 0.717) is 25.2 Å². The van der Waals surface area contributed by atoms with Gasteiger partial charge in [-0.2, -0.15) is 0 Å². The van der Waals surface area contributed by atoms with E-state index in [4.69, 9.17) is 0 Å². The van der Waals surface area contributed by atoms with Crippen LogP contribution < -0.4 is 5.32 Å². The van der Waals surface area contributed by atoms with Crippen molar-refractivity contribution in [2.75, 3.05) is 19.6 Å². The van der Waals surface area contributed by atoms with Gasteiger partial charge in [0.2, 0.25) is 11.8 Å². The molecule has 0 aromatic heterocycles. The molecule has 1 aliphatic carbocycles. The topological polar surface area (TPSA) is 69.7 Å². The van der Waals surface area contributed by atoms with Crippen molar-refractivity contribution in [2.45, 2.75) is 44.7 Å². The Bertz CT molecular complexity index is 1230. The number of piperazine rings is 1. The predicted molar refractivity (Wildman–Crippen MR) is 140 cm³/mol. The van der Waals surface area contributed by atoms with Gasteiger partial charge >= 0.3 is 0 Å². The molecule has 1 saturated heterocycles. The molecule has 1 aliphatic heterocycles. The van der Waals surface area contributed by atoms with E-state index in [0.717, 1.165) is 42.0 Å². The fourth-order valence-electron chi connectivity index (χ4n) is 5.55. The summed E-state index contributed by atoms with van der Waals surface area (Å²) < 4.78 is 0. The molecule has 6 heteroatoms. The molecule has 5 rings (SSSR count). The Kier molecular flexibility index (Phi) is 7.31. The van der Waals surface area contributed by atoms with Crippen molar-refractivity contribution in [3.8, 4) is 0 Å². The zero-order valence-electron chi connectivity index (χ0n) is 20.6. The van der Waals surface area contributed by atoms with Crippen LogP contribution in [0.1, 0.15) is 48.0 Å². The molecule has 0 spiro atoms. The van der Waals surface area contributed by atoms with Crippen LogP contribution >= 0.6 is 0 Å². The molecule has 1 heterocycles. The molecule has 1 atom stereocenters. The van der Waals surface area contributed by atoms with E-state index in [-0.39, 0.29) is 30.2 Å². The summed E-state index contributed by atoms with van der Waals surface area (Å²) in [6.45, 7) is 1.40. The van der Waals surface area contributed by atoms with E-state index in [1.54, 1.807) is 17.0 Å². The second-order valence-corrected chi connectivity index (χ2v) is 9.86. The largest absolute Gasteiger partial charge is 0.350 e. The minimum atomic E-state index is -0.728. The summed E-state index contributed by atoms with van der Waals surface area (Å²) >= 11 is 0. The lowest BCUT2D eigenvalue weighted by Crippen LogP contribution is -2.62. The Morgan fingerprint density at radius 2 is 1.53 bits per heavy atom. The van der Waals surface area contributed by atoms with Gasteiger partial charge in [0.1, 0.15) is 6.04 Å². The molecule has 36 heavy (non-hydrogen) atoms. The maximum Gasteiger partial charge on any atom is 0.254 e. The molecule has 0 radical (unpaired) electrons. The highest BCUT2D eigenvalue weighted by molar-refractivity contribution is 5.98. The van der Waals surface area contributed by atoms with Gasteiger partial charge in [-0.25, -0.2) is 0 Å². The first kappa shape index (κ1) is 24.0. The third kappa shape index (κ3) is 5.13. The Hall–Kier alpha value is -3.67. The minimum Gasteiger partial charge on any atom is -0.350 e. The van der Waals surface area contributed by atoms with Crippen LogP contribution in [-0.2, 0) is 16.1 Å². The molecular weight excluding hydrogens is 450 g/mol. The summed E-state index contributed by atoms with van der Waals surface area (Å²) in [6.07, 6.45) is 5.18. The molecule has 1 N–H and O–H groups in total. The number of hydrogen-bond donors (Lipinski definition) is 1. The lowest BCUT2D eigenvalue weighted by atomic mass is 9.88. The van der Waals surface area contributed by atoms with Crippen LogP contribution in [0.4, 0.5) is 0 Å². The van der Waals surface area contributed by atoms with Gasteiger partial charge in [-0.3, -0.25) is 14.4 Å². The summed E-state index contributed by atoms with van der Waals surface area (Å²) in [7, 11) is 0. The molecular formula is C30H33N3O3. The van der Waals surface area contributed by atoms with Crippen molar-refractivity contribution in [2.24, 2.45) is 5.92 Å². The SMILES string of the molecule is O=C(NCc1cccc2ccccc12)C1CN(C(=O)C2CCCCC2)CCN1C(=O)c1ccccc1. The summed E-state index contributed by atoms with van der Waals surface area (Å²) in [5, 5.41) is 5.28. The van der Waals surface area contributed by atoms with Crippen molar-refractivity contribution < 1.29 is 14.4 Å². The highest BCUT2D eigenvalue weighted by Gasteiger charge is 2.38. The molecule has 2 aliphatic rings. The van der Waals surface area contributed by atoms with Crippen molar-refractivity contribution in [3.05, 3.63) is 83.9 Å². The average Bonchev–Trinajstić information content (AvgIpc) is 2.95. The fraction of sp³-hybridized carbons (Fsp3) is 0.367. The molecule has 6 nitrogen and oxygen atoms in total. The first-order valence-corrected chi connectivity index (χ1v) is 13.0. The Balaban J connectivity index is 1.35. The first-order valence-electron chi connectivity index (χ1n) is 13.0. The monoisotopic (exact) mass is 483 g/mol. The number of carbonyl (C=O) groups is 3. The van der Waals surface area contributed by atoms with E-state index < -0.39 is 6.04 Å². The number of rotatable bonds is 5. The van der Waals surface area contributed by atoms with Gasteiger partial charge in [-0.1, -0.05) is 79.9 Å². The zero-order valence-corrected chi connectivity index (χ0v) is 20.6. The lowest BCUT2D eigenvalue weighted by Gasteiger charge is -2.42. The molecule has 1 unspecified atom stereocenters. The highest BCUT2D eigenvalue weighted by atomic mass is 16.2. The molecule has 3 aromatic carbocycles. The number of nitrogens with zero attached hydrogens (tertiary/aromatic N) is 2. The van der Waals surface area contributed by atoms with Crippen molar-refractivity contribution in [3.63, 3.8) is 0 Å². The highest BCUT2D eigenvalue weighted by Crippen LogP contribution is 2.27. The van der Waals surface area contributed by atoms with Crippen LogP contribution in [0.25, 0.3) is 10.8 Å². The van der Waals surface area contributed by atoms with Gasteiger partial charge in [0, 0.05) is 31.1 Å². The molecule has 2 fully saturated rings. The molecule has 3 amide bonds. The van der Waals surface area contributed by atoms with Gasteiger partial charge in [0.15, 0.2) is 0 Å². The smallest absolute Gasteiger partial charge is 0.254 e. The minimum absolute atomic E-state index is 0.0366. The summed E-state index contributed by atoms with van der Waals surface area (Å²) in [6, 6.07) is 22.5. The number of carbonyl (C=O) groups excluding carboxylic acids is 3. The first-order chi connectivity index (χ1) is 17.6. The van der Waals surface area contributed by atoms with Gasteiger partial charge in [-0.15, -0.1) is 0 Å². The summed E-state index contributed by atoms with van der Waals surface area (Å²) in [5.74, 6) is -0.234. The maximum absolute atomic E-state index is 13.6. The maximum atomic E-state index is 13.6. The van der Waals surface area contributed by atoms with Crippen LogP contribution in [0, 0.1) is 5.92 Å². The van der Waals surface area contributed by atoms with Crippen molar-refractivity contribution >= 4 is 28.5 Å². The van der Waals surface area contributed by atoms with Gasteiger partial charge in [-0.05, 0) is 41.3 Å². The fourth-order valence-corrected chi connectivity index (χ4v) is 5.55. The van der Waals surface area contributed by atoms with Crippen molar-refractivity contribution in [1.29, 1.82) is 0 Å². The lowest BCUT2D eigenvalue weighted by molar-refractivity contribution is -0.141. The number of nitrogens with one attached hydrogen (secondary N) is 1. The van der Waals surface area contributed by atoms with Crippen LogP contribution in [0.3, 0.4) is 0 Å². The summed E-state index contributed by atoms with van der Waals surface area (Å²) in [4.78, 5) is 43.7. The molecule has 0 bridgehead atoms. The van der Waals surface area contributed by atoms with Crippen LogP contribution in [0.5, 0.6) is 0 Å². The van der Waals surface area contributed by atoms with Gasteiger partial charge < -0.3 is 15.1 Å². The summed E-state index contributed by atoms with van der Waals surface area (Å²) in [5.41, 5.74) is 1.57. The average molecular weight is 484 g/mol. The Morgan fingerprint density at radius 1 is 0.806 bits per heavy atom. The number of benzene rings is 3. The molecule has 186 valence electrons. The van der Waals surface area contributed by atoms with Crippen LogP contribution in [-0.4, -0.2) is 53.2 Å². The predicted octanol–water partition coefficient (Wildman–Crippen LogP) is 4.39. The van der Waals surface area contributed by atoms with E-state index in [9.17, 15) is 14.4 Å². The van der Waals surface area contributed by atoms with Crippen LogP contribution in [0.2, 0.25) is 0 Å². The van der Waals surface area contributed by atoms with E-state index >= 15 is 0 Å². The van der Waals surface area contributed by atoms with E-state index in [1.807, 2.05) is 53.4 Å². The van der Waals surface area contributed by atoms with Crippen LogP contribution in [0.15, 0.2) is 72.8 Å². The standard InChI is InChI=1S/C30H33N3O3/c34-28(31-20-25-16-9-15-22-10-7-8-17-26(22)25)27-21-32(29(35)23-11-3-1-4-12-23)18-19-33(27)30(36)24-13-5-2-6-14-24/h2,5-10,13-17,23,27H,1,3-4,11-12,18-21H2,(H,31,34). The quantitative estimate of drug-likeness (QED) is 0.585. The third-order valence-electron chi connectivity index (χ3n) is 7.56. The Labute approximate surface area is 212 Å².